The number of hydrogen-bond acceptors (Lipinski definition) is 4. The molecule has 1 N–H and O–H groups in total. The molecule has 0 atom stereocenters. The lowest BCUT2D eigenvalue weighted by Crippen LogP contribution is -2.44. The molecule has 0 aliphatic carbocycles. The van der Waals surface area contributed by atoms with E-state index < -0.39 is 10.0 Å². The molecule has 5 nitrogen and oxygen atoms in total. The van der Waals surface area contributed by atoms with Gasteiger partial charge in [0.15, 0.2) is 0 Å². The van der Waals surface area contributed by atoms with Gasteiger partial charge in [0.05, 0.1) is 0 Å². The Morgan fingerprint density at radius 1 is 1.33 bits per heavy atom. The molecule has 1 aromatic rings. The zero-order chi connectivity index (χ0) is 15.5. The molecule has 21 heavy (non-hydrogen) atoms. The van der Waals surface area contributed by atoms with Crippen molar-refractivity contribution in [2.24, 2.45) is 5.92 Å². The maximum absolute atomic E-state index is 12.5. The van der Waals surface area contributed by atoms with E-state index in [1.54, 1.807) is 22.6 Å². The van der Waals surface area contributed by atoms with Crippen molar-refractivity contribution < 1.29 is 8.42 Å². The van der Waals surface area contributed by atoms with E-state index in [-0.39, 0.29) is 10.4 Å². The molecule has 0 aromatic carbocycles. The highest BCUT2D eigenvalue weighted by atomic mass is 32.2. The van der Waals surface area contributed by atoms with Crippen LogP contribution in [0.25, 0.3) is 0 Å². The van der Waals surface area contributed by atoms with Crippen LogP contribution in [-0.4, -0.2) is 42.9 Å². The van der Waals surface area contributed by atoms with Crippen LogP contribution in [0.3, 0.4) is 0 Å². The van der Waals surface area contributed by atoms with Crippen LogP contribution in [0, 0.1) is 5.92 Å². The van der Waals surface area contributed by atoms with Gasteiger partial charge >= 0.3 is 0 Å². The van der Waals surface area contributed by atoms with E-state index in [9.17, 15) is 8.42 Å². The van der Waals surface area contributed by atoms with E-state index in [4.69, 9.17) is 0 Å². The molecular formula is C15H25N3O2S. The summed E-state index contributed by atoms with van der Waals surface area (Å²) in [7, 11) is -3.38. The first-order valence-corrected chi connectivity index (χ1v) is 8.88. The van der Waals surface area contributed by atoms with Gasteiger partial charge in [-0.05, 0) is 58.2 Å². The van der Waals surface area contributed by atoms with Gasteiger partial charge in [0.2, 0.25) is 10.0 Å². The van der Waals surface area contributed by atoms with Crippen LogP contribution >= 0.6 is 0 Å². The van der Waals surface area contributed by atoms with E-state index in [1.807, 2.05) is 0 Å². The van der Waals surface area contributed by atoms with Gasteiger partial charge in [-0.15, -0.1) is 0 Å². The molecule has 1 aliphatic heterocycles. The predicted molar refractivity (Wildman–Crippen MR) is 83.5 cm³/mol. The zero-order valence-corrected chi connectivity index (χ0v) is 13.9. The van der Waals surface area contributed by atoms with Crippen LogP contribution in [0.5, 0.6) is 0 Å². The van der Waals surface area contributed by atoms with Crippen LogP contribution in [0.15, 0.2) is 29.4 Å². The maximum Gasteiger partial charge on any atom is 0.244 e. The molecule has 1 saturated heterocycles. The lowest BCUT2D eigenvalue weighted by atomic mass is 9.97. The summed E-state index contributed by atoms with van der Waals surface area (Å²) in [6.07, 6.45) is 4.82. The van der Waals surface area contributed by atoms with Crippen LogP contribution in [0.4, 0.5) is 0 Å². The molecule has 0 amide bonds. The Hall–Kier alpha value is -0.980. The standard InChI is InChI=1S/C15H25N3O2S/c1-15(2,3)17-11-13-6-9-18(10-7-13)21(19,20)14-5-4-8-16-12-14/h4-5,8,12-13,17H,6-7,9-11H2,1-3H3. The smallest absolute Gasteiger partial charge is 0.244 e. The molecule has 1 aromatic heterocycles. The second kappa shape index (κ2) is 6.42. The molecular weight excluding hydrogens is 286 g/mol. The van der Waals surface area contributed by atoms with Crippen molar-refractivity contribution in [2.45, 2.75) is 44.0 Å². The molecule has 2 rings (SSSR count). The van der Waals surface area contributed by atoms with Gasteiger partial charge in [-0.25, -0.2) is 8.42 Å². The Morgan fingerprint density at radius 3 is 2.52 bits per heavy atom. The lowest BCUT2D eigenvalue weighted by molar-refractivity contribution is 0.251. The summed E-state index contributed by atoms with van der Waals surface area (Å²) >= 11 is 0. The number of nitrogens with one attached hydrogen (secondary N) is 1. The van der Waals surface area contributed by atoms with Crippen LogP contribution in [-0.2, 0) is 10.0 Å². The molecule has 0 radical (unpaired) electrons. The molecule has 1 fully saturated rings. The molecule has 6 heteroatoms. The minimum atomic E-state index is -3.38. The molecule has 0 spiro atoms. The number of hydrogen-bond donors (Lipinski definition) is 1. The average molecular weight is 311 g/mol. The molecule has 118 valence electrons. The highest BCUT2D eigenvalue weighted by molar-refractivity contribution is 7.89. The van der Waals surface area contributed by atoms with Gasteiger partial charge in [-0.3, -0.25) is 4.98 Å². The summed E-state index contributed by atoms with van der Waals surface area (Å²) in [6.45, 7) is 8.57. The van der Waals surface area contributed by atoms with Crippen molar-refractivity contribution in [3.63, 3.8) is 0 Å². The predicted octanol–water partition coefficient (Wildman–Crippen LogP) is 1.87. The summed E-state index contributed by atoms with van der Waals surface area (Å²) in [5.41, 5.74) is 0.110. The summed E-state index contributed by atoms with van der Waals surface area (Å²) < 4.78 is 26.5. The molecule has 0 unspecified atom stereocenters. The van der Waals surface area contributed by atoms with Gasteiger partial charge in [0.1, 0.15) is 4.90 Å². The number of piperidine rings is 1. The van der Waals surface area contributed by atoms with Gasteiger partial charge in [0.25, 0.3) is 0 Å². The first-order chi connectivity index (χ1) is 9.79. The zero-order valence-electron chi connectivity index (χ0n) is 13.0. The van der Waals surface area contributed by atoms with Crippen LogP contribution in [0.1, 0.15) is 33.6 Å². The SMILES string of the molecule is CC(C)(C)NCC1CCN(S(=O)(=O)c2cccnc2)CC1. The fraction of sp³-hybridized carbons (Fsp3) is 0.667. The summed E-state index contributed by atoms with van der Waals surface area (Å²) in [4.78, 5) is 4.19. The second-order valence-corrected chi connectivity index (χ2v) is 8.61. The first-order valence-electron chi connectivity index (χ1n) is 7.44. The Kier molecular flexibility index (Phi) is 5.01. The summed E-state index contributed by atoms with van der Waals surface area (Å²) in [5.74, 6) is 0.546. The largest absolute Gasteiger partial charge is 0.312 e. The number of sulfonamides is 1. The number of nitrogens with zero attached hydrogens (tertiary/aromatic N) is 2. The van der Waals surface area contributed by atoms with Crippen molar-refractivity contribution in [2.75, 3.05) is 19.6 Å². The molecule has 0 bridgehead atoms. The number of aromatic nitrogens is 1. The maximum atomic E-state index is 12.5. The number of rotatable bonds is 4. The van der Waals surface area contributed by atoms with Gasteiger partial charge in [0, 0.05) is 31.0 Å². The van der Waals surface area contributed by atoms with Crippen molar-refractivity contribution in [1.29, 1.82) is 0 Å². The van der Waals surface area contributed by atoms with E-state index in [0.29, 0.717) is 19.0 Å². The Bertz CT molecular complexity index is 544. The van der Waals surface area contributed by atoms with Crippen molar-refractivity contribution in [1.82, 2.24) is 14.6 Å². The van der Waals surface area contributed by atoms with E-state index in [0.717, 1.165) is 19.4 Å². The molecule has 2 heterocycles. The minimum absolute atomic E-state index is 0.110. The average Bonchev–Trinajstić information content (AvgIpc) is 2.46. The fourth-order valence-corrected chi connectivity index (χ4v) is 3.89. The van der Waals surface area contributed by atoms with Gasteiger partial charge in [-0.2, -0.15) is 4.31 Å². The Labute approximate surface area is 127 Å². The van der Waals surface area contributed by atoms with Crippen LogP contribution < -0.4 is 5.32 Å². The molecule has 0 saturated carbocycles. The fourth-order valence-electron chi connectivity index (χ4n) is 2.45. The summed E-state index contributed by atoms with van der Waals surface area (Å²) in [5, 5.41) is 3.50. The third-order valence-corrected chi connectivity index (χ3v) is 5.65. The van der Waals surface area contributed by atoms with Gasteiger partial charge in [-0.1, -0.05) is 0 Å². The number of pyridine rings is 1. The first kappa shape index (κ1) is 16.4. The highest BCUT2D eigenvalue weighted by Gasteiger charge is 2.29. The molecule has 1 aliphatic rings. The Morgan fingerprint density at radius 2 is 2.00 bits per heavy atom. The monoisotopic (exact) mass is 311 g/mol. The third-order valence-electron chi connectivity index (χ3n) is 3.77. The minimum Gasteiger partial charge on any atom is -0.312 e. The van der Waals surface area contributed by atoms with E-state index in [1.165, 1.54) is 6.20 Å². The Balaban J connectivity index is 1.92. The van der Waals surface area contributed by atoms with E-state index >= 15 is 0 Å². The topological polar surface area (TPSA) is 62.3 Å². The quantitative estimate of drug-likeness (QED) is 0.922. The highest BCUT2D eigenvalue weighted by Crippen LogP contribution is 2.23. The van der Waals surface area contributed by atoms with E-state index in [2.05, 4.69) is 31.1 Å². The second-order valence-electron chi connectivity index (χ2n) is 6.67. The van der Waals surface area contributed by atoms with Crippen LogP contribution in [0.2, 0.25) is 0 Å². The van der Waals surface area contributed by atoms with Gasteiger partial charge < -0.3 is 5.32 Å². The normalized spacial score (nSPS) is 18.8. The van der Waals surface area contributed by atoms with Crippen molar-refractivity contribution >= 4 is 10.0 Å². The van der Waals surface area contributed by atoms with Crippen molar-refractivity contribution in [3.8, 4) is 0 Å². The van der Waals surface area contributed by atoms with Crippen molar-refractivity contribution in [3.05, 3.63) is 24.5 Å². The lowest BCUT2D eigenvalue weighted by Gasteiger charge is -2.33. The third kappa shape index (κ3) is 4.49. The summed E-state index contributed by atoms with van der Waals surface area (Å²) in [6, 6.07) is 3.27.